The lowest BCUT2D eigenvalue weighted by Gasteiger charge is -2.11. The van der Waals surface area contributed by atoms with Crippen LogP contribution in [0.25, 0.3) is 11.4 Å². The van der Waals surface area contributed by atoms with Crippen LogP contribution in [0, 0.1) is 27.7 Å². The predicted molar refractivity (Wildman–Crippen MR) is 136 cm³/mol. The number of rotatable bonds is 5. The van der Waals surface area contributed by atoms with Crippen molar-refractivity contribution in [1.29, 1.82) is 0 Å². The lowest BCUT2D eigenvalue weighted by Crippen LogP contribution is -2.18. The van der Waals surface area contributed by atoms with Gasteiger partial charge in [0.2, 0.25) is 0 Å². The molecule has 2 aromatic heterocycles. The summed E-state index contributed by atoms with van der Waals surface area (Å²) in [4.78, 5) is 12.7. The Morgan fingerprint density at radius 1 is 0.818 bits per heavy atom. The molecule has 0 aliphatic rings. The smallest absolute Gasteiger partial charge is 0.272 e. The topological polar surface area (TPSA) is 51.3 Å². The van der Waals surface area contributed by atoms with Gasteiger partial charge in [-0.05, 0) is 88.4 Å². The van der Waals surface area contributed by atoms with Gasteiger partial charge in [0.1, 0.15) is 0 Å². The van der Waals surface area contributed by atoms with Gasteiger partial charge >= 0.3 is 0 Å². The molecule has 1 N–H and O–H groups in total. The molecule has 33 heavy (non-hydrogen) atoms. The minimum Gasteiger partial charge on any atom is -0.318 e. The third kappa shape index (κ3) is 4.61. The molecule has 1 amide bonds. The fraction of sp³-hybridized carbons (Fsp3) is 0.154. The lowest BCUT2D eigenvalue weighted by molar-refractivity contribution is 0.0955. The molecule has 7 heteroatoms. The fourth-order valence-electron chi connectivity index (χ4n) is 4.03. The molecule has 0 aliphatic heterocycles. The normalized spacial score (nSPS) is 11.3. The van der Waals surface area contributed by atoms with Crippen molar-refractivity contribution in [3.05, 3.63) is 105 Å². The summed E-state index contributed by atoms with van der Waals surface area (Å²) in [7, 11) is 0. The van der Waals surface area contributed by atoms with E-state index in [1.165, 1.54) is 0 Å². The summed E-state index contributed by atoms with van der Waals surface area (Å²) in [6.07, 6.45) is 1.64. The minimum absolute atomic E-state index is 0.366. The SMILES string of the molecule is Cc1ccc(C)n1-c1ccc(C(=O)N/N=C\c2cc(C)n(-c3ccc(Cl)cc3)c2C)c(Cl)c1. The molecule has 0 bridgehead atoms. The third-order valence-corrected chi connectivity index (χ3v) is 6.22. The Balaban J connectivity index is 1.51. The number of aromatic nitrogens is 2. The van der Waals surface area contributed by atoms with Gasteiger partial charge in [-0.2, -0.15) is 5.10 Å². The lowest BCUT2D eigenvalue weighted by atomic mass is 10.2. The van der Waals surface area contributed by atoms with Crippen LogP contribution in [-0.2, 0) is 0 Å². The molecule has 0 unspecified atom stereocenters. The van der Waals surface area contributed by atoms with Crippen LogP contribution in [0.4, 0.5) is 0 Å². The number of halogens is 2. The van der Waals surface area contributed by atoms with Gasteiger partial charge in [-0.15, -0.1) is 0 Å². The number of aryl methyl sites for hydroxylation is 3. The first-order valence-corrected chi connectivity index (χ1v) is 11.2. The Morgan fingerprint density at radius 3 is 2.09 bits per heavy atom. The van der Waals surface area contributed by atoms with E-state index in [2.05, 4.69) is 19.7 Å². The summed E-state index contributed by atoms with van der Waals surface area (Å²) in [5.74, 6) is -0.366. The Morgan fingerprint density at radius 2 is 1.45 bits per heavy atom. The molecule has 0 saturated carbocycles. The van der Waals surface area contributed by atoms with Crippen LogP contribution in [0.3, 0.4) is 0 Å². The standard InChI is InChI=1S/C26H24Cl2N4O/c1-16-5-6-17(2)31(16)23-11-12-24(25(28)14-23)26(33)30-29-15-20-13-18(3)32(19(20)4)22-9-7-21(27)8-10-22/h5-15H,1-4H3,(H,30,33)/b29-15-. The van der Waals surface area contributed by atoms with Crippen LogP contribution in [-0.4, -0.2) is 21.3 Å². The van der Waals surface area contributed by atoms with Crippen LogP contribution in [0.2, 0.25) is 10.0 Å². The van der Waals surface area contributed by atoms with Crippen molar-refractivity contribution in [2.75, 3.05) is 0 Å². The maximum atomic E-state index is 12.7. The number of carbonyl (C=O) groups is 1. The second kappa shape index (κ2) is 9.30. The maximum Gasteiger partial charge on any atom is 0.272 e. The molecule has 4 rings (SSSR count). The highest BCUT2D eigenvalue weighted by Gasteiger charge is 2.13. The van der Waals surface area contributed by atoms with E-state index in [1.54, 1.807) is 18.3 Å². The van der Waals surface area contributed by atoms with E-state index in [-0.39, 0.29) is 5.91 Å². The van der Waals surface area contributed by atoms with Crippen LogP contribution in [0.1, 0.15) is 38.7 Å². The van der Waals surface area contributed by atoms with E-state index in [1.807, 2.05) is 76.2 Å². The number of benzene rings is 2. The molecule has 0 aliphatic carbocycles. The molecule has 0 saturated heterocycles. The van der Waals surface area contributed by atoms with Crippen LogP contribution in [0.5, 0.6) is 0 Å². The fourth-order valence-corrected chi connectivity index (χ4v) is 4.42. The number of carbonyl (C=O) groups excluding carboxylic acids is 1. The quantitative estimate of drug-likeness (QED) is 0.255. The number of hydrogen-bond donors (Lipinski definition) is 1. The highest BCUT2D eigenvalue weighted by molar-refractivity contribution is 6.34. The molecular formula is C26H24Cl2N4O. The summed E-state index contributed by atoms with van der Waals surface area (Å²) in [5, 5.41) is 5.22. The van der Waals surface area contributed by atoms with Gasteiger partial charge in [0.05, 0.1) is 16.8 Å². The van der Waals surface area contributed by atoms with E-state index in [9.17, 15) is 4.79 Å². The van der Waals surface area contributed by atoms with Crippen molar-refractivity contribution in [1.82, 2.24) is 14.6 Å². The number of nitrogens with zero attached hydrogens (tertiary/aromatic N) is 3. The Kier molecular flexibility index (Phi) is 6.45. The van der Waals surface area contributed by atoms with Gasteiger partial charge in [-0.3, -0.25) is 4.79 Å². The van der Waals surface area contributed by atoms with Crippen LogP contribution in [0.15, 0.2) is 65.8 Å². The summed E-state index contributed by atoms with van der Waals surface area (Å²) in [6.45, 7) is 8.08. The molecule has 5 nitrogen and oxygen atoms in total. The number of nitrogens with one attached hydrogen (secondary N) is 1. The van der Waals surface area contributed by atoms with E-state index >= 15 is 0 Å². The van der Waals surface area contributed by atoms with Gasteiger partial charge < -0.3 is 9.13 Å². The molecule has 0 spiro atoms. The third-order valence-electron chi connectivity index (χ3n) is 5.65. The second-order valence-electron chi connectivity index (χ2n) is 7.95. The summed E-state index contributed by atoms with van der Waals surface area (Å²) in [5.41, 5.74) is 10.0. The second-order valence-corrected chi connectivity index (χ2v) is 8.80. The molecule has 2 aromatic carbocycles. The average molecular weight is 479 g/mol. The van der Waals surface area contributed by atoms with Crippen molar-refractivity contribution in [3.8, 4) is 11.4 Å². The zero-order valence-electron chi connectivity index (χ0n) is 18.9. The first-order chi connectivity index (χ1) is 15.8. The number of amides is 1. The average Bonchev–Trinajstić information content (AvgIpc) is 3.26. The van der Waals surface area contributed by atoms with E-state index < -0.39 is 0 Å². The first-order valence-electron chi connectivity index (χ1n) is 10.5. The monoisotopic (exact) mass is 478 g/mol. The molecule has 168 valence electrons. The largest absolute Gasteiger partial charge is 0.318 e. The highest BCUT2D eigenvalue weighted by Crippen LogP contribution is 2.24. The van der Waals surface area contributed by atoms with Gasteiger partial charge in [0.15, 0.2) is 0 Å². The maximum absolute atomic E-state index is 12.7. The van der Waals surface area contributed by atoms with Gasteiger partial charge in [0.25, 0.3) is 5.91 Å². The Hall–Kier alpha value is -3.28. The molecule has 0 atom stereocenters. The Labute approximate surface area is 203 Å². The van der Waals surface area contributed by atoms with Crippen molar-refractivity contribution in [2.24, 2.45) is 5.10 Å². The van der Waals surface area contributed by atoms with Crippen molar-refractivity contribution >= 4 is 35.3 Å². The summed E-state index contributed by atoms with van der Waals surface area (Å²) >= 11 is 12.4. The molecule has 2 heterocycles. The molecule has 0 radical (unpaired) electrons. The molecule has 4 aromatic rings. The van der Waals surface area contributed by atoms with Gasteiger partial charge in [0, 0.05) is 44.7 Å². The van der Waals surface area contributed by atoms with Crippen molar-refractivity contribution in [3.63, 3.8) is 0 Å². The first kappa shape index (κ1) is 22.9. The number of hydrogen-bond acceptors (Lipinski definition) is 2. The van der Waals surface area contributed by atoms with E-state index in [0.717, 1.165) is 39.7 Å². The summed E-state index contributed by atoms with van der Waals surface area (Å²) < 4.78 is 4.20. The zero-order chi connectivity index (χ0) is 23.7. The Bertz CT molecular complexity index is 1340. The van der Waals surface area contributed by atoms with E-state index in [4.69, 9.17) is 23.2 Å². The van der Waals surface area contributed by atoms with Crippen molar-refractivity contribution in [2.45, 2.75) is 27.7 Å². The highest BCUT2D eigenvalue weighted by atomic mass is 35.5. The predicted octanol–water partition coefficient (Wildman–Crippen LogP) is 6.57. The van der Waals surface area contributed by atoms with Crippen LogP contribution < -0.4 is 5.43 Å². The molecule has 0 fully saturated rings. The molecular weight excluding hydrogens is 455 g/mol. The number of hydrazone groups is 1. The van der Waals surface area contributed by atoms with E-state index in [0.29, 0.717) is 15.6 Å². The van der Waals surface area contributed by atoms with Gasteiger partial charge in [-0.25, -0.2) is 5.43 Å². The zero-order valence-corrected chi connectivity index (χ0v) is 20.4. The minimum atomic E-state index is -0.366. The summed E-state index contributed by atoms with van der Waals surface area (Å²) in [6, 6.07) is 19.1. The van der Waals surface area contributed by atoms with Crippen molar-refractivity contribution < 1.29 is 4.79 Å². The van der Waals surface area contributed by atoms with Crippen LogP contribution >= 0.6 is 23.2 Å². The van der Waals surface area contributed by atoms with Gasteiger partial charge in [-0.1, -0.05) is 23.2 Å².